The maximum atomic E-state index is 12.5. The number of benzene rings is 6. The largest absolute Gasteiger partial charge is 0.536 e. The number of unbranched alkanes of at least 4 members (excludes halogenated alkanes) is 2. The van der Waals surface area contributed by atoms with Gasteiger partial charge in [-0.1, -0.05) is 150 Å². The summed E-state index contributed by atoms with van der Waals surface area (Å²) in [6.45, 7) is 10.0. The summed E-state index contributed by atoms with van der Waals surface area (Å²) in [6.07, 6.45) is 6.77. The van der Waals surface area contributed by atoms with Crippen LogP contribution < -0.4 is 15.2 Å². The summed E-state index contributed by atoms with van der Waals surface area (Å²) < 4.78 is 71.7. The molecule has 7 aromatic heterocycles. The number of primary amides is 1. The van der Waals surface area contributed by atoms with Crippen molar-refractivity contribution >= 4 is 60.7 Å². The summed E-state index contributed by atoms with van der Waals surface area (Å²) >= 11 is 0.693. The van der Waals surface area contributed by atoms with E-state index >= 15 is 0 Å². The van der Waals surface area contributed by atoms with Crippen molar-refractivity contribution in [2.75, 3.05) is 4.72 Å². The minimum Gasteiger partial charge on any atom is -0.488 e. The van der Waals surface area contributed by atoms with Gasteiger partial charge in [-0.3, -0.25) is 19.5 Å². The zero-order valence-corrected chi connectivity index (χ0v) is 57.6. The molecule has 6 aromatic carbocycles. The highest BCUT2D eigenvalue weighted by atomic mass is 79.9. The number of para-hydroxylation sites is 2. The molecule has 5 N–H and O–H groups in total. The van der Waals surface area contributed by atoms with Crippen molar-refractivity contribution in [3.05, 3.63) is 220 Å². The molecule has 0 spiro atoms. The number of nitrogens with zero attached hydrogens (tertiary/aromatic N) is 13. The van der Waals surface area contributed by atoms with Crippen LogP contribution in [0.5, 0.6) is 5.75 Å². The van der Waals surface area contributed by atoms with E-state index in [-0.39, 0.29) is 11.6 Å². The first-order chi connectivity index (χ1) is 48.6. The Kier molecular flexibility index (Phi) is 22.1. The van der Waals surface area contributed by atoms with Crippen LogP contribution in [0.2, 0.25) is 0 Å². The van der Waals surface area contributed by atoms with E-state index in [2.05, 4.69) is 134 Å². The number of anilines is 1. The highest BCUT2D eigenvalue weighted by Gasteiger charge is 2.35. The number of pyridine rings is 2. The van der Waals surface area contributed by atoms with E-state index in [0.29, 0.717) is 70.2 Å². The topological polar surface area (TPSA) is 287 Å². The molecule has 13 aromatic rings. The molecular formula is C73H71BrF3N17O5S. The van der Waals surface area contributed by atoms with Gasteiger partial charge in [0.25, 0.3) is 17.2 Å². The summed E-state index contributed by atoms with van der Waals surface area (Å²) in [4.78, 5) is 31.3. The second kappa shape index (κ2) is 31.9. The average Bonchev–Trinajstić information content (AvgIpc) is 1.60. The Morgan fingerprint density at radius 3 is 2.00 bits per heavy atom. The van der Waals surface area contributed by atoms with Crippen LogP contribution in [0, 0.1) is 0 Å². The van der Waals surface area contributed by atoms with Crippen LogP contribution in [0.4, 0.5) is 18.9 Å². The molecule has 1 saturated carbocycles. The number of alkyl halides is 3. The van der Waals surface area contributed by atoms with Crippen molar-refractivity contribution < 1.29 is 35.5 Å². The van der Waals surface area contributed by atoms with Crippen LogP contribution in [-0.2, 0) is 60.8 Å². The Bertz CT molecular complexity index is 4950. The number of ether oxygens (including phenoxy) is 1. The Balaban J connectivity index is 0.000000143. The first kappa shape index (κ1) is 69.3. The fourth-order valence-electron chi connectivity index (χ4n) is 11.6. The van der Waals surface area contributed by atoms with E-state index in [4.69, 9.17) is 34.9 Å². The molecule has 512 valence electrons. The molecule has 1 atom stereocenters. The van der Waals surface area contributed by atoms with Crippen molar-refractivity contribution in [1.82, 2.24) is 75.5 Å². The lowest BCUT2D eigenvalue weighted by Crippen LogP contribution is -2.20. The lowest BCUT2D eigenvalue weighted by Gasteiger charge is -2.12. The van der Waals surface area contributed by atoms with Gasteiger partial charge >= 0.3 is 6.36 Å². The van der Waals surface area contributed by atoms with E-state index in [1.54, 1.807) is 24.3 Å². The monoisotopic (exact) mass is 1430 g/mol. The number of imidazole rings is 1. The van der Waals surface area contributed by atoms with Gasteiger partial charge in [0.05, 0.1) is 33.6 Å². The summed E-state index contributed by atoms with van der Waals surface area (Å²) in [5.74, 6) is 4.89. The third kappa shape index (κ3) is 16.7. The highest BCUT2D eigenvalue weighted by Crippen LogP contribution is 2.44. The number of furan rings is 1. The number of aromatic nitrogens is 15. The van der Waals surface area contributed by atoms with Crippen molar-refractivity contribution in [2.24, 2.45) is 5.73 Å². The van der Waals surface area contributed by atoms with Gasteiger partial charge in [0.2, 0.25) is 11.6 Å². The number of halogens is 4. The van der Waals surface area contributed by atoms with Crippen LogP contribution in [-0.4, -0.2) is 92.0 Å². The predicted molar refractivity (Wildman–Crippen MR) is 379 cm³/mol. The van der Waals surface area contributed by atoms with Crippen LogP contribution in [0.15, 0.2) is 173 Å². The molecule has 0 saturated heterocycles. The molecule has 1 aliphatic rings. The van der Waals surface area contributed by atoms with Gasteiger partial charge in [-0.15, -0.1) is 33.6 Å². The second-order valence-electron chi connectivity index (χ2n) is 23.7. The van der Waals surface area contributed by atoms with Crippen molar-refractivity contribution in [3.63, 3.8) is 0 Å². The minimum absolute atomic E-state index is 0.125. The molecule has 0 bridgehead atoms. The number of H-pyrrole nitrogens is 2. The molecular weight excluding hydrogens is 1360 g/mol. The molecule has 27 heteroatoms. The smallest absolute Gasteiger partial charge is 0.488 e. The lowest BCUT2D eigenvalue weighted by molar-refractivity contribution is -0.269. The van der Waals surface area contributed by atoms with Gasteiger partial charge in [0, 0.05) is 82.7 Å². The number of tetrazole rings is 2. The Hall–Kier alpha value is -10.6. The van der Waals surface area contributed by atoms with E-state index in [9.17, 15) is 22.2 Å². The number of rotatable bonds is 25. The van der Waals surface area contributed by atoms with Gasteiger partial charge in [-0.2, -0.15) is 19.7 Å². The standard InChI is InChI=1S/C25H22BrF3N4O4S.C25H21N5O.C23H28N8/c1-2-19-31-21(14-8-9-14)22(24(30)34)33(19)12-13-7-10-18-16(11-13)20(26)23(36-18)15-5-3-4-6-17(15)32-38(35)37-25(27,28)29;1-2-19-15-24(22-9-5-6-10-23(22)26-19)31-16-17-11-13-18(14-12-17)20-7-3-4-8-21(20)25-27-29-30-28-25;1-3-5-11-21-25-22(12-6-4-2)31(28-21)16-17-13-14-20(24-15-17)18-9-7-8-10-19(18)23-26-29-30-27-23/h3-7,10-11,14,32H,2,8-9,12H2,1H3,(H2,30,34);3-15H,2,16H2,1H3,(H,27,28,29,30);7-10,13-15H,3-6,11-12,16H2,1-2H3,(H,26,27,29,30). The van der Waals surface area contributed by atoms with E-state index in [0.717, 1.165) is 154 Å². The number of carbonyl (C=O) groups excluding carboxylic acids is 1. The van der Waals surface area contributed by atoms with Gasteiger partial charge in [0.1, 0.15) is 35.3 Å². The first-order valence-corrected chi connectivity index (χ1v) is 34.8. The van der Waals surface area contributed by atoms with Gasteiger partial charge in [-0.05, 0) is 129 Å². The number of amides is 1. The number of fused-ring (bicyclic) bond motifs is 2. The second-order valence-corrected chi connectivity index (χ2v) is 25.4. The molecule has 1 amide bonds. The number of nitrogens with one attached hydrogen (secondary N) is 3. The number of hydrogen-bond acceptors (Lipinski definition) is 16. The normalized spacial score (nSPS) is 12.4. The van der Waals surface area contributed by atoms with Crippen LogP contribution >= 0.6 is 15.9 Å². The maximum absolute atomic E-state index is 12.5. The van der Waals surface area contributed by atoms with Crippen LogP contribution in [0.25, 0.3) is 78.4 Å². The van der Waals surface area contributed by atoms with Crippen molar-refractivity contribution in [2.45, 2.75) is 124 Å². The summed E-state index contributed by atoms with van der Waals surface area (Å²) in [5, 5.41) is 35.4. The van der Waals surface area contributed by atoms with Crippen LogP contribution in [0.3, 0.4) is 0 Å². The number of hydrogen-bond donors (Lipinski definition) is 4. The Labute approximate surface area is 584 Å². The Morgan fingerprint density at radius 2 is 1.35 bits per heavy atom. The van der Waals surface area contributed by atoms with E-state index < -0.39 is 23.5 Å². The van der Waals surface area contributed by atoms with Crippen molar-refractivity contribution in [3.8, 4) is 62.2 Å². The Morgan fingerprint density at radius 1 is 0.700 bits per heavy atom. The average molecular weight is 1440 g/mol. The fourth-order valence-corrected chi connectivity index (χ4v) is 12.8. The highest BCUT2D eigenvalue weighted by molar-refractivity contribution is 9.10. The summed E-state index contributed by atoms with van der Waals surface area (Å²) in [5.41, 5.74) is 18.9. The zero-order valence-electron chi connectivity index (χ0n) is 55.2. The van der Waals surface area contributed by atoms with E-state index in [1.165, 1.54) is 6.07 Å². The molecule has 14 rings (SSSR count). The lowest BCUT2D eigenvalue weighted by atomic mass is 9.98. The van der Waals surface area contributed by atoms with Gasteiger partial charge < -0.3 is 19.5 Å². The third-order valence-corrected chi connectivity index (χ3v) is 18.2. The van der Waals surface area contributed by atoms with Gasteiger partial charge in [-0.25, -0.2) is 18.9 Å². The van der Waals surface area contributed by atoms with E-state index in [1.807, 2.05) is 107 Å². The van der Waals surface area contributed by atoms with Crippen molar-refractivity contribution in [1.29, 1.82) is 0 Å². The number of aryl methyl sites for hydroxylation is 4. The SMILES string of the molecule is CCCCc1nc(CCCC)n(Cc2ccc(-c3ccccc3-c3nn[nH]n3)nc2)n1.CCc1cc(OCc2ccc(-c3ccccc3-c3nn[nH]n3)cc2)c2ccccc2n1.CCc1nc(C2CC2)c(C(N)=O)n1Cc1ccc2oc(-c3ccccc3NS(=O)OC(F)(F)F)c(Br)c2c1. The van der Waals surface area contributed by atoms with Crippen LogP contribution in [0.1, 0.15) is 128 Å². The third-order valence-electron chi connectivity index (χ3n) is 16.7. The minimum atomic E-state index is -5.07. The summed E-state index contributed by atoms with van der Waals surface area (Å²) in [6, 6.07) is 50.5. The first-order valence-electron chi connectivity index (χ1n) is 32.9. The molecule has 100 heavy (non-hydrogen) atoms. The molecule has 1 unspecified atom stereocenters. The number of nitrogens with two attached hydrogens (primary N) is 1. The molecule has 1 aliphatic carbocycles. The molecule has 1 fully saturated rings. The number of carbonyl (C=O) groups is 1. The van der Waals surface area contributed by atoms with Gasteiger partial charge in [0.15, 0.2) is 11.6 Å². The quantitative estimate of drug-likeness (QED) is 0.0414. The summed E-state index contributed by atoms with van der Waals surface area (Å²) in [7, 11) is 0. The molecule has 22 nitrogen and oxygen atoms in total. The molecule has 0 aliphatic heterocycles. The maximum Gasteiger partial charge on any atom is 0.536 e. The fraction of sp³-hybridized carbons (Fsp3) is 0.260. The molecule has 0 radical (unpaired) electrons. The zero-order chi connectivity index (χ0) is 69.7. The predicted octanol–water partition coefficient (Wildman–Crippen LogP) is 15.6. The number of aromatic amines is 2. The molecule has 7 heterocycles.